The molecular weight excluding hydrogens is 422 g/mol. The lowest BCUT2D eigenvalue weighted by molar-refractivity contribution is -0.384. The zero-order chi connectivity index (χ0) is 23.2. The third-order valence-corrected chi connectivity index (χ3v) is 6.00. The van der Waals surface area contributed by atoms with Crippen LogP contribution in [0.15, 0.2) is 61.2 Å². The molecule has 1 amide bonds. The van der Waals surface area contributed by atoms with E-state index in [0.717, 1.165) is 37.2 Å². The van der Waals surface area contributed by atoms with Crippen molar-refractivity contribution in [3.05, 3.63) is 82.4 Å². The van der Waals surface area contributed by atoms with Gasteiger partial charge in [0.1, 0.15) is 11.4 Å². The van der Waals surface area contributed by atoms with Crippen molar-refractivity contribution in [2.24, 2.45) is 0 Å². The summed E-state index contributed by atoms with van der Waals surface area (Å²) in [6, 6.07) is 12.3. The van der Waals surface area contributed by atoms with Gasteiger partial charge in [0.05, 0.1) is 24.4 Å². The molecule has 2 aromatic carbocycles. The number of imidazole rings is 1. The fourth-order valence-electron chi connectivity index (χ4n) is 4.33. The lowest BCUT2D eigenvalue weighted by Gasteiger charge is -2.35. The van der Waals surface area contributed by atoms with E-state index in [4.69, 9.17) is 4.74 Å². The smallest absolute Gasteiger partial charge is 0.294 e. The number of ether oxygens (including phenoxy) is 1. The fourth-order valence-corrected chi connectivity index (χ4v) is 4.33. The van der Waals surface area contributed by atoms with E-state index in [0.29, 0.717) is 12.2 Å². The van der Waals surface area contributed by atoms with Crippen LogP contribution in [0.25, 0.3) is 5.69 Å². The van der Waals surface area contributed by atoms with Gasteiger partial charge in [0, 0.05) is 36.1 Å². The Morgan fingerprint density at radius 3 is 2.70 bits per heavy atom. The first-order chi connectivity index (χ1) is 16.1. The normalized spacial score (nSPS) is 15.1. The maximum atomic E-state index is 13.0. The van der Waals surface area contributed by atoms with Gasteiger partial charge in [-0.3, -0.25) is 19.8 Å². The number of likely N-dealkylation sites (tertiary alicyclic amines) is 1. The second-order valence-corrected chi connectivity index (χ2v) is 7.99. The Labute approximate surface area is 192 Å². The Kier molecular flexibility index (Phi) is 6.99. The summed E-state index contributed by atoms with van der Waals surface area (Å²) in [5.74, 6) is 0.426. The van der Waals surface area contributed by atoms with Crippen molar-refractivity contribution in [1.29, 1.82) is 0 Å². The zero-order valence-corrected chi connectivity index (χ0v) is 18.5. The molecule has 1 fully saturated rings. The van der Waals surface area contributed by atoms with Crippen LogP contribution in [0, 0.1) is 10.1 Å². The summed E-state index contributed by atoms with van der Waals surface area (Å²) in [4.78, 5) is 30.4. The van der Waals surface area contributed by atoms with E-state index < -0.39 is 4.92 Å². The summed E-state index contributed by atoms with van der Waals surface area (Å²) in [7, 11) is 1.64. The van der Waals surface area contributed by atoms with E-state index in [1.54, 1.807) is 36.2 Å². The van der Waals surface area contributed by atoms with Crippen molar-refractivity contribution >= 4 is 11.6 Å². The Balaban J connectivity index is 1.56. The van der Waals surface area contributed by atoms with Crippen LogP contribution in [0.4, 0.5) is 5.69 Å². The van der Waals surface area contributed by atoms with Crippen LogP contribution in [-0.2, 0) is 0 Å². The van der Waals surface area contributed by atoms with Crippen molar-refractivity contribution in [2.75, 3.05) is 26.7 Å². The summed E-state index contributed by atoms with van der Waals surface area (Å²) < 4.78 is 7.13. The molecule has 9 nitrogen and oxygen atoms in total. The van der Waals surface area contributed by atoms with Crippen molar-refractivity contribution in [3.8, 4) is 11.4 Å². The maximum absolute atomic E-state index is 13.0. The lowest BCUT2D eigenvalue weighted by Crippen LogP contribution is -2.40. The number of nitrogens with zero attached hydrogens (tertiary/aromatic N) is 4. The molecule has 1 saturated heterocycles. The molecule has 0 aliphatic carbocycles. The van der Waals surface area contributed by atoms with Gasteiger partial charge in [-0.2, -0.15) is 0 Å². The Morgan fingerprint density at radius 2 is 2.00 bits per heavy atom. The van der Waals surface area contributed by atoms with Crippen LogP contribution in [-0.4, -0.2) is 52.0 Å². The standard InChI is InChI=1S/C24H27N5O4/c1-33-23-8-4-3-7-19(23)22(27-12-5-2-6-13-27)16-26-24(30)18-9-10-20(21(15-18)29(31)32)28-14-11-25-17-28/h3-4,7-11,14-15,17,22H,2,5-6,12-13,16H2,1H3,(H,26,30). The number of methoxy groups -OCH3 is 1. The van der Waals surface area contributed by atoms with E-state index in [2.05, 4.69) is 15.2 Å². The summed E-state index contributed by atoms with van der Waals surface area (Å²) in [6.07, 6.45) is 8.08. The first-order valence-electron chi connectivity index (χ1n) is 11.0. The monoisotopic (exact) mass is 449 g/mol. The molecule has 172 valence electrons. The summed E-state index contributed by atoms with van der Waals surface area (Å²) in [5, 5.41) is 14.6. The average molecular weight is 450 g/mol. The van der Waals surface area contributed by atoms with Gasteiger partial charge in [0.25, 0.3) is 11.6 Å². The number of piperidine rings is 1. The number of hydrogen-bond donors (Lipinski definition) is 1. The van der Waals surface area contributed by atoms with E-state index in [1.165, 1.54) is 18.8 Å². The topological polar surface area (TPSA) is 103 Å². The number of rotatable bonds is 8. The highest BCUT2D eigenvalue weighted by Crippen LogP contribution is 2.31. The summed E-state index contributed by atoms with van der Waals surface area (Å²) >= 11 is 0. The number of aromatic nitrogens is 2. The Hall–Kier alpha value is -3.72. The second-order valence-electron chi connectivity index (χ2n) is 7.99. The molecule has 33 heavy (non-hydrogen) atoms. The lowest BCUT2D eigenvalue weighted by atomic mass is 10.0. The quantitative estimate of drug-likeness (QED) is 0.415. The molecule has 0 radical (unpaired) electrons. The molecule has 3 aromatic rings. The molecule has 1 aromatic heterocycles. The maximum Gasteiger partial charge on any atom is 0.294 e. The van der Waals surface area contributed by atoms with Gasteiger partial charge >= 0.3 is 0 Å². The molecule has 1 N–H and O–H groups in total. The molecule has 4 rings (SSSR count). The van der Waals surface area contributed by atoms with Gasteiger partial charge < -0.3 is 14.6 Å². The Bertz CT molecular complexity index is 1110. The van der Waals surface area contributed by atoms with Gasteiger partial charge in [0.15, 0.2) is 0 Å². The molecule has 2 heterocycles. The number of nitrogens with one attached hydrogen (secondary N) is 1. The second kappa shape index (κ2) is 10.3. The van der Waals surface area contributed by atoms with Gasteiger partial charge in [0.2, 0.25) is 0 Å². The van der Waals surface area contributed by atoms with Crippen LogP contribution >= 0.6 is 0 Å². The average Bonchev–Trinajstić information content (AvgIpc) is 3.39. The van der Waals surface area contributed by atoms with E-state index >= 15 is 0 Å². The molecule has 9 heteroatoms. The van der Waals surface area contributed by atoms with Gasteiger partial charge in [-0.15, -0.1) is 0 Å². The Morgan fingerprint density at radius 1 is 1.21 bits per heavy atom. The number of hydrogen-bond acceptors (Lipinski definition) is 6. The van der Waals surface area contributed by atoms with Gasteiger partial charge in [-0.25, -0.2) is 4.98 Å². The predicted octanol–water partition coefficient (Wildman–Crippen LogP) is 3.75. The molecule has 1 aliphatic rings. The molecule has 0 saturated carbocycles. The molecule has 0 spiro atoms. The SMILES string of the molecule is COc1ccccc1C(CNC(=O)c1ccc(-n2ccnc2)c([N+](=O)[O-])c1)N1CCCCC1. The zero-order valence-electron chi connectivity index (χ0n) is 18.5. The van der Waals surface area contributed by atoms with Crippen molar-refractivity contribution in [1.82, 2.24) is 19.8 Å². The predicted molar refractivity (Wildman–Crippen MR) is 124 cm³/mol. The number of carbonyl (C=O) groups excluding carboxylic acids is 1. The van der Waals surface area contributed by atoms with Crippen LogP contribution < -0.4 is 10.1 Å². The highest BCUT2D eigenvalue weighted by molar-refractivity contribution is 5.95. The number of para-hydroxylation sites is 1. The molecule has 1 atom stereocenters. The number of nitro groups is 1. The number of nitro benzene ring substituents is 1. The first kappa shape index (κ1) is 22.5. The first-order valence-corrected chi connectivity index (χ1v) is 11.0. The third-order valence-electron chi connectivity index (χ3n) is 6.00. The number of carbonyl (C=O) groups is 1. The van der Waals surface area contributed by atoms with E-state index in [1.807, 2.05) is 24.3 Å². The van der Waals surface area contributed by atoms with E-state index in [-0.39, 0.29) is 23.2 Å². The minimum Gasteiger partial charge on any atom is -0.496 e. The largest absolute Gasteiger partial charge is 0.496 e. The van der Waals surface area contributed by atoms with Gasteiger partial charge in [-0.1, -0.05) is 24.6 Å². The molecule has 0 bridgehead atoms. The van der Waals surface area contributed by atoms with Crippen LogP contribution in [0.2, 0.25) is 0 Å². The molecular formula is C24H27N5O4. The summed E-state index contributed by atoms with van der Waals surface area (Å²) in [5.41, 5.74) is 1.46. The summed E-state index contributed by atoms with van der Waals surface area (Å²) in [6.45, 7) is 2.27. The van der Waals surface area contributed by atoms with Crippen molar-refractivity contribution < 1.29 is 14.5 Å². The molecule has 1 unspecified atom stereocenters. The highest BCUT2D eigenvalue weighted by atomic mass is 16.6. The minimum absolute atomic E-state index is 0.0504. The van der Waals surface area contributed by atoms with E-state index in [9.17, 15) is 14.9 Å². The molecule has 1 aliphatic heterocycles. The fraction of sp³-hybridized carbons (Fsp3) is 0.333. The van der Waals surface area contributed by atoms with Crippen LogP contribution in [0.3, 0.4) is 0 Å². The number of benzene rings is 2. The highest BCUT2D eigenvalue weighted by Gasteiger charge is 2.26. The minimum atomic E-state index is -0.489. The van der Waals surface area contributed by atoms with Crippen LogP contribution in [0.1, 0.15) is 41.2 Å². The van der Waals surface area contributed by atoms with Crippen LogP contribution in [0.5, 0.6) is 5.75 Å². The van der Waals surface area contributed by atoms with Crippen molar-refractivity contribution in [2.45, 2.75) is 25.3 Å². The van der Waals surface area contributed by atoms with Gasteiger partial charge in [-0.05, 0) is 44.1 Å². The van der Waals surface area contributed by atoms with Crippen molar-refractivity contribution in [3.63, 3.8) is 0 Å². The number of amides is 1. The third kappa shape index (κ3) is 5.04.